The molecule has 50 heavy (non-hydrogen) atoms. The Morgan fingerprint density at radius 2 is 1.72 bits per heavy atom. The molecule has 12 nitrogen and oxygen atoms in total. The molecule has 2 atom stereocenters. The molecule has 5 rings (SSSR count). The Balaban J connectivity index is 1.35. The van der Waals surface area contributed by atoms with Gasteiger partial charge in [0.15, 0.2) is 9.84 Å². The quantitative estimate of drug-likeness (QED) is 0.251. The second-order valence-corrected chi connectivity index (χ2v) is 15.3. The predicted molar refractivity (Wildman–Crippen MR) is 189 cm³/mol. The summed E-state index contributed by atoms with van der Waals surface area (Å²) in [4.78, 5) is 41.6. The van der Waals surface area contributed by atoms with E-state index in [1.165, 1.54) is 4.90 Å². The molecule has 260 valence electrons. The minimum absolute atomic E-state index is 0.0957. The highest BCUT2D eigenvalue weighted by molar-refractivity contribution is 7.91. The number of hydrogen-bond donors (Lipinski definition) is 3. The molecule has 13 heteroatoms. The van der Waals surface area contributed by atoms with Crippen molar-refractivity contribution in [2.24, 2.45) is 7.05 Å². The molecule has 1 aliphatic rings. The van der Waals surface area contributed by atoms with Gasteiger partial charge in [0.25, 0.3) is 5.91 Å². The minimum atomic E-state index is -3.65. The highest BCUT2D eigenvalue weighted by Crippen LogP contribution is 2.31. The van der Waals surface area contributed by atoms with E-state index in [-0.39, 0.29) is 18.0 Å². The van der Waals surface area contributed by atoms with Crippen LogP contribution in [0.2, 0.25) is 0 Å². The molecule has 3 N–H and O–H groups in total. The van der Waals surface area contributed by atoms with Gasteiger partial charge in [0, 0.05) is 36.6 Å². The summed E-state index contributed by atoms with van der Waals surface area (Å²) < 4.78 is 32.4. The molecule has 0 spiro atoms. The van der Waals surface area contributed by atoms with E-state index in [9.17, 15) is 27.9 Å². The van der Waals surface area contributed by atoms with Gasteiger partial charge in [-0.3, -0.25) is 14.3 Å². The molecule has 4 aromatic rings. The average molecular weight is 698 g/mol. The van der Waals surface area contributed by atoms with Gasteiger partial charge in [-0.25, -0.2) is 13.2 Å². The number of ether oxygens (including phenoxy) is 1. The van der Waals surface area contributed by atoms with Crippen molar-refractivity contribution in [3.63, 3.8) is 0 Å². The largest absolute Gasteiger partial charge is 0.507 e. The molecule has 2 heterocycles. The van der Waals surface area contributed by atoms with Gasteiger partial charge in [-0.05, 0) is 69.7 Å². The molecule has 1 fully saturated rings. The third-order valence-corrected chi connectivity index (χ3v) is 9.42. The van der Waals surface area contributed by atoms with E-state index in [1.807, 2.05) is 13.0 Å². The van der Waals surface area contributed by atoms with Crippen LogP contribution in [0.4, 0.5) is 10.5 Å². The molecule has 0 saturated carbocycles. The lowest BCUT2D eigenvalue weighted by Gasteiger charge is -2.37. The zero-order valence-corrected chi connectivity index (χ0v) is 29.2. The highest BCUT2D eigenvalue weighted by Gasteiger charge is 2.42. The third kappa shape index (κ3) is 8.89. The molecule has 3 amide bonds. The number of alkyl carbamates (subject to hydrolysis) is 1. The number of carbonyl (C=O) groups is 3. The van der Waals surface area contributed by atoms with Crippen molar-refractivity contribution in [1.82, 2.24) is 20.0 Å². The number of anilines is 1. The molecule has 0 radical (unpaired) electrons. The van der Waals surface area contributed by atoms with Gasteiger partial charge in [0.1, 0.15) is 29.1 Å². The fourth-order valence-electron chi connectivity index (χ4n) is 5.43. The molecule has 0 aliphatic carbocycles. The number of aryl methyl sites for hydroxylation is 2. The van der Waals surface area contributed by atoms with Crippen molar-refractivity contribution in [3.05, 3.63) is 101 Å². The topological polar surface area (TPSA) is 160 Å². The van der Waals surface area contributed by atoms with Crippen LogP contribution in [0.3, 0.4) is 0 Å². The number of rotatable bonds is 6. The zero-order valence-electron chi connectivity index (χ0n) is 28.4. The monoisotopic (exact) mass is 697 g/mol. The fraction of sp³-hybridized carbons (Fsp3) is 0.297. The lowest BCUT2D eigenvalue weighted by atomic mass is 10.0. The highest BCUT2D eigenvalue weighted by atomic mass is 32.2. The number of carbonyl (C=O) groups excluding carboxylic acids is 3. The smallest absolute Gasteiger partial charge is 0.408 e. The summed E-state index contributed by atoms with van der Waals surface area (Å²) >= 11 is 0. The maximum atomic E-state index is 14.0. The summed E-state index contributed by atoms with van der Waals surface area (Å²) in [6.45, 7) is 6.76. The number of phenolic OH excluding ortho intramolecular Hbond substituents is 1. The van der Waals surface area contributed by atoms with Crippen LogP contribution in [0.25, 0.3) is 11.3 Å². The van der Waals surface area contributed by atoms with Crippen molar-refractivity contribution < 1.29 is 32.6 Å². The van der Waals surface area contributed by atoms with Crippen LogP contribution in [0, 0.1) is 18.8 Å². The Labute approximate surface area is 291 Å². The first-order valence-electron chi connectivity index (χ1n) is 15.9. The van der Waals surface area contributed by atoms with E-state index in [0.717, 1.165) is 5.56 Å². The van der Waals surface area contributed by atoms with Crippen molar-refractivity contribution in [3.8, 4) is 28.8 Å². The second-order valence-electron chi connectivity index (χ2n) is 13.1. The Bertz CT molecular complexity index is 2080. The first kappa shape index (κ1) is 35.7. The normalized spacial score (nSPS) is 16.0. The Morgan fingerprint density at radius 1 is 1.02 bits per heavy atom. The molecule has 1 aromatic heterocycles. The molecule has 1 saturated heterocycles. The first-order valence-corrected chi connectivity index (χ1v) is 17.7. The van der Waals surface area contributed by atoms with Crippen LogP contribution in [0.15, 0.2) is 79.0 Å². The summed E-state index contributed by atoms with van der Waals surface area (Å²) in [5.74, 6) is 4.04. The lowest BCUT2D eigenvalue weighted by molar-refractivity contribution is -0.139. The summed E-state index contributed by atoms with van der Waals surface area (Å²) in [5.41, 5.74) is 3.31. The van der Waals surface area contributed by atoms with E-state index >= 15 is 0 Å². The molecular formula is C37H39N5O7S. The van der Waals surface area contributed by atoms with Crippen LogP contribution < -0.4 is 10.6 Å². The van der Waals surface area contributed by atoms with E-state index in [0.29, 0.717) is 33.6 Å². The number of nitrogens with zero attached hydrogens (tertiary/aromatic N) is 3. The van der Waals surface area contributed by atoms with Crippen molar-refractivity contribution >= 4 is 33.4 Å². The summed E-state index contributed by atoms with van der Waals surface area (Å²) in [5, 5.41) is 20.2. The van der Waals surface area contributed by atoms with Crippen LogP contribution >= 0.6 is 0 Å². The van der Waals surface area contributed by atoms with Crippen LogP contribution in [0.1, 0.15) is 49.1 Å². The third-order valence-electron chi connectivity index (χ3n) is 7.79. The van der Waals surface area contributed by atoms with Gasteiger partial charge in [-0.15, -0.1) is 0 Å². The first-order chi connectivity index (χ1) is 23.6. The van der Waals surface area contributed by atoms with Gasteiger partial charge in [-0.2, -0.15) is 5.10 Å². The number of amides is 3. The summed E-state index contributed by atoms with van der Waals surface area (Å²) in [6, 6.07) is 17.8. The Morgan fingerprint density at radius 3 is 2.40 bits per heavy atom. The van der Waals surface area contributed by atoms with Gasteiger partial charge < -0.3 is 25.4 Å². The summed E-state index contributed by atoms with van der Waals surface area (Å²) in [6.07, 6.45) is 0.927. The Hall–Kier alpha value is -5.61. The number of phenols is 1. The second kappa shape index (κ2) is 14.5. The number of benzene rings is 3. The molecular weight excluding hydrogens is 659 g/mol. The summed E-state index contributed by atoms with van der Waals surface area (Å²) in [7, 11) is -1.88. The van der Waals surface area contributed by atoms with Crippen molar-refractivity contribution in [2.75, 3.05) is 23.4 Å². The fourth-order valence-corrected chi connectivity index (χ4v) is 6.89. The van der Waals surface area contributed by atoms with Crippen LogP contribution in [-0.4, -0.2) is 75.8 Å². The molecule has 3 aromatic carbocycles. The minimum Gasteiger partial charge on any atom is -0.507 e. The van der Waals surface area contributed by atoms with Gasteiger partial charge >= 0.3 is 6.09 Å². The Kier molecular flexibility index (Phi) is 10.3. The van der Waals surface area contributed by atoms with Gasteiger partial charge in [0.05, 0.1) is 17.1 Å². The standard InChI is InChI=1S/C37H39N5O7S/c1-24-11-18-31(43)29(21-24)32-27(22-41(5)40-32)15-12-25-13-16-28(17-14-25)38-34(44)30-23-50(47,48)20-19-42(30)35(45)33(26-9-7-6-8-10-26)39-36(46)49-37(2,3)4/h6-11,13-14,16-18,21-22,30,33,43H,19-20,23H2,1-5H3,(H,38,44)(H,39,46)/t30-,33?/m0/s1. The van der Waals surface area contributed by atoms with Crippen LogP contribution in [0.5, 0.6) is 5.75 Å². The van der Waals surface area contributed by atoms with Crippen LogP contribution in [-0.2, 0) is 31.2 Å². The number of hydrogen-bond acceptors (Lipinski definition) is 8. The SMILES string of the molecule is Cc1ccc(O)c(-c2nn(C)cc2C#Cc2ccc(NC(=O)[C@@H]3CS(=O)(=O)CCN3C(=O)C(NC(=O)OC(C)(C)C)c3ccccc3)cc2)c1. The molecule has 1 aliphatic heterocycles. The van der Waals surface area contributed by atoms with E-state index in [2.05, 4.69) is 27.6 Å². The van der Waals surface area contributed by atoms with Gasteiger partial charge in [-0.1, -0.05) is 53.8 Å². The lowest BCUT2D eigenvalue weighted by Crippen LogP contribution is -2.58. The van der Waals surface area contributed by atoms with E-state index in [4.69, 9.17) is 4.74 Å². The molecule has 1 unspecified atom stereocenters. The average Bonchev–Trinajstić information content (AvgIpc) is 3.43. The zero-order chi connectivity index (χ0) is 36.2. The van der Waals surface area contributed by atoms with Gasteiger partial charge in [0.2, 0.25) is 5.91 Å². The maximum absolute atomic E-state index is 14.0. The predicted octanol–water partition coefficient (Wildman–Crippen LogP) is 4.33. The number of aromatic nitrogens is 2. The number of aromatic hydroxyl groups is 1. The molecule has 0 bridgehead atoms. The maximum Gasteiger partial charge on any atom is 0.408 e. The number of nitrogens with one attached hydrogen (secondary N) is 2. The van der Waals surface area contributed by atoms with Crippen molar-refractivity contribution in [1.29, 1.82) is 0 Å². The van der Waals surface area contributed by atoms with E-state index < -0.39 is 51.2 Å². The number of sulfone groups is 1. The van der Waals surface area contributed by atoms with E-state index in [1.54, 1.807) is 105 Å². The van der Waals surface area contributed by atoms with Crippen molar-refractivity contribution in [2.45, 2.75) is 45.4 Å².